The predicted octanol–water partition coefficient (Wildman–Crippen LogP) is 4.13. The largest absolute Gasteiger partial charge is 0.310 e. The minimum Gasteiger partial charge on any atom is -0.310 e. The molecule has 1 aromatic rings. The molecule has 0 aliphatic rings. The molecule has 0 saturated carbocycles. The average molecular weight is 309 g/mol. The highest BCUT2D eigenvalue weighted by atomic mass is 79.9. The van der Waals surface area contributed by atoms with E-state index in [4.69, 9.17) is 11.6 Å². The van der Waals surface area contributed by atoms with Gasteiger partial charge in [-0.25, -0.2) is 4.39 Å². The minimum absolute atomic E-state index is 0.177. The third kappa shape index (κ3) is 4.40. The molecule has 0 aromatic heterocycles. The summed E-state index contributed by atoms with van der Waals surface area (Å²) in [7, 11) is 0. The molecular formula is C12H16BrClFN. The van der Waals surface area contributed by atoms with E-state index in [0.29, 0.717) is 12.6 Å². The molecule has 0 aliphatic carbocycles. The summed E-state index contributed by atoms with van der Waals surface area (Å²) < 4.78 is 13.2. The van der Waals surface area contributed by atoms with Gasteiger partial charge in [-0.15, -0.1) is 0 Å². The van der Waals surface area contributed by atoms with Gasteiger partial charge in [0.2, 0.25) is 0 Å². The van der Waals surface area contributed by atoms with Gasteiger partial charge < -0.3 is 5.32 Å². The summed E-state index contributed by atoms with van der Waals surface area (Å²) >= 11 is 9.04. The molecule has 1 rings (SSSR count). The number of rotatable bonds is 6. The molecule has 0 amide bonds. The smallest absolute Gasteiger partial charge is 0.142 e. The van der Waals surface area contributed by atoms with Crippen LogP contribution in [0.15, 0.2) is 18.2 Å². The van der Waals surface area contributed by atoms with Gasteiger partial charge in [0.25, 0.3) is 0 Å². The summed E-state index contributed by atoms with van der Waals surface area (Å²) in [5, 5.41) is 4.55. The van der Waals surface area contributed by atoms with Crippen LogP contribution in [0, 0.1) is 5.82 Å². The highest BCUT2D eigenvalue weighted by Crippen LogP contribution is 2.15. The van der Waals surface area contributed by atoms with E-state index in [-0.39, 0.29) is 10.8 Å². The zero-order chi connectivity index (χ0) is 12.0. The minimum atomic E-state index is -0.352. The van der Waals surface area contributed by atoms with E-state index in [1.54, 1.807) is 6.07 Å². The van der Waals surface area contributed by atoms with Gasteiger partial charge in [0.05, 0.1) is 5.02 Å². The lowest BCUT2D eigenvalue weighted by atomic mass is 10.1. The van der Waals surface area contributed by atoms with Gasteiger partial charge in [0.1, 0.15) is 5.82 Å². The number of benzene rings is 1. The molecule has 0 radical (unpaired) electrons. The molecule has 1 atom stereocenters. The van der Waals surface area contributed by atoms with Crippen molar-refractivity contribution in [2.45, 2.75) is 32.4 Å². The summed E-state index contributed by atoms with van der Waals surface area (Å²) in [6, 6.07) is 5.40. The van der Waals surface area contributed by atoms with Gasteiger partial charge in [0, 0.05) is 17.9 Å². The van der Waals surface area contributed by atoms with Crippen LogP contribution in [-0.2, 0) is 6.54 Å². The quantitative estimate of drug-likeness (QED) is 0.779. The van der Waals surface area contributed by atoms with E-state index < -0.39 is 0 Å². The van der Waals surface area contributed by atoms with Crippen molar-refractivity contribution in [1.29, 1.82) is 0 Å². The van der Waals surface area contributed by atoms with E-state index in [1.807, 2.05) is 6.07 Å². The topological polar surface area (TPSA) is 12.0 Å². The number of alkyl halides is 1. The maximum Gasteiger partial charge on any atom is 0.142 e. The monoisotopic (exact) mass is 307 g/mol. The van der Waals surface area contributed by atoms with Crippen LogP contribution in [0.1, 0.15) is 25.3 Å². The number of nitrogens with one attached hydrogen (secondary N) is 1. The molecule has 1 aromatic carbocycles. The van der Waals surface area contributed by atoms with Gasteiger partial charge in [-0.1, -0.05) is 40.5 Å². The fraction of sp³-hybridized carbons (Fsp3) is 0.500. The summed E-state index contributed by atoms with van der Waals surface area (Å²) in [4.78, 5) is 0. The lowest BCUT2D eigenvalue weighted by Crippen LogP contribution is -2.28. The van der Waals surface area contributed by atoms with Crippen molar-refractivity contribution in [3.8, 4) is 0 Å². The zero-order valence-electron chi connectivity index (χ0n) is 9.27. The molecule has 90 valence electrons. The molecule has 1 unspecified atom stereocenters. The van der Waals surface area contributed by atoms with Crippen molar-refractivity contribution in [3.63, 3.8) is 0 Å². The molecule has 4 heteroatoms. The van der Waals surface area contributed by atoms with Crippen molar-refractivity contribution < 1.29 is 4.39 Å². The fourth-order valence-electron chi connectivity index (χ4n) is 1.49. The SMILES string of the molecule is CCC(CCBr)NCc1ccc(Cl)c(F)c1. The van der Waals surface area contributed by atoms with Crippen LogP contribution < -0.4 is 5.32 Å². The molecule has 16 heavy (non-hydrogen) atoms. The van der Waals surface area contributed by atoms with Gasteiger partial charge in [0.15, 0.2) is 0 Å². The van der Waals surface area contributed by atoms with Gasteiger partial charge in [-0.05, 0) is 30.5 Å². The van der Waals surface area contributed by atoms with Crippen molar-refractivity contribution in [1.82, 2.24) is 5.32 Å². The first-order valence-corrected chi connectivity index (χ1v) is 6.90. The Bertz CT molecular complexity index is 333. The van der Waals surface area contributed by atoms with Crippen LogP contribution in [0.5, 0.6) is 0 Å². The Morgan fingerprint density at radius 1 is 1.50 bits per heavy atom. The second kappa shape index (κ2) is 7.25. The molecule has 0 bridgehead atoms. The molecule has 0 fully saturated rings. The van der Waals surface area contributed by atoms with E-state index in [2.05, 4.69) is 28.2 Å². The first kappa shape index (κ1) is 13.9. The third-order valence-corrected chi connectivity index (χ3v) is 3.29. The highest BCUT2D eigenvalue weighted by molar-refractivity contribution is 9.09. The van der Waals surface area contributed by atoms with E-state index in [9.17, 15) is 4.39 Å². The standard InChI is InChI=1S/C12H16BrClFN/c1-2-10(5-6-13)16-8-9-3-4-11(14)12(15)7-9/h3-4,7,10,16H,2,5-6,8H2,1H3. The molecule has 1 N–H and O–H groups in total. The Morgan fingerprint density at radius 2 is 2.25 bits per heavy atom. The van der Waals surface area contributed by atoms with Gasteiger partial charge in [-0.3, -0.25) is 0 Å². The van der Waals surface area contributed by atoms with Gasteiger partial charge >= 0.3 is 0 Å². The fourth-order valence-corrected chi connectivity index (χ4v) is 2.16. The number of halogens is 3. The van der Waals surface area contributed by atoms with Crippen molar-refractivity contribution in [2.75, 3.05) is 5.33 Å². The Labute approximate surface area is 110 Å². The van der Waals surface area contributed by atoms with Crippen LogP contribution >= 0.6 is 27.5 Å². The summed E-state index contributed by atoms with van der Waals surface area (Å²) in [5.74, 6) is -0.352. The maximum absolute atomic E-state index is 13.2. The molecule has 0 spiro atoms. The van der Waals surface area contributed by atoms with E-state index in [1.165, 1.54) is 6.07 Å². The molecule has 0 heterocycles. The lowest BCUT2D eigenvalue weighted by Gasteiger charge is -2.15. The first-order valence-electron chi connectivity index (χ1n) is 5.40. The van der Waals surface area contributed by atoms with Crippen LogP contribution in [0.2, 0.25) is 5.02 Å². The van der Waals surface area contributed by atoms with Crippen LogP contribution in [0.25, 0.3) is 0 Å². The van der Waals surface area contributed by atoms with Crippen LogP contribution in [0.3, 0.4) is 0 Å². The summed E-state index contributed by atoms with van der Waals surface area (Å²) in [6.45, 7) is 2.82. The Morgan fingerprint density at radius 3 is 2.81 bits per heavy atom. The van der Waals surface area contributed by atoms with E-state index in [0.717, 1.165) is 23.7 Å². The highest BCUT2D eigenvalue weighted by Gasteiger charge is 2.05. The van der Waals surface area contributed by atoms with Crippen molar-refractivity contribution in [2.24, 2.45) is 0 Å². The van der Waals surface area contributed by atoms with Crippen molar-refractivity contribution in [3.05, 3.63) is 34.6 Å². The normalized spacial score (nSPS) is 12.8. The predicted molar refractivity (Wildman–Crippen MR) is 70.7 cm³/mol. The molecule has 0 saturated heterocycles. The molecular weight excluding hydrogens is 292 g/mol. The second-order valence-electron chi connectivity index (χ2n) is 3.71. The van der Waals surface area contributed by atoms with Crippen molar-refractivity contribution >= 4 is 27.5 Å². The van der Waals surface area contributed by atoms with E-state index >= 15 is 0 Å². The van der Waals surface area contributed by atoms with Crippen LogP contribution in [-0.4, -0.2) is 11.4 Å². The Balaban J connectivity index is 2.50. The average Bonchev–Trinajstić information content (AvgIpc) is 2.28. The zero-order valence-corrected chi connectivity index (χ0v) is 11.6. The summed E-state index contributed by atoms with van der Waals surface area (Å²) in [5.41, 5.74) is 0.926. The number of hydrogen-bond acceptors (Lipinski definition) is 1. The Hall–Kier alpha value is -0.120. The Kier molecular flexibility index (Phi) is 6.32. The molecule has 1 nitrogen and oxygen atoms in total. The lowest BCUT2D eigenvalue weighted by molar-refractivity contribution is 0.487. The number of hydrogen-bond donors (Lipinski definition) is 1. The van der Waals surface area contributed by atoms with Gasteiger partial charge in [-0.2, -0.15) is 0 Å². The molecule has 0 aliphatic heterocycles. The maximum atomic E-state index is 13.2. The van der Waals surface area contributed by atoms with Crippen LogP contribution in [0.4, 0.5) is 4.39 Å². The first-order chi connectivity index (χ1) is 7.67. The third-order valence-electron chi connectivity index (χ3n) is 2.53. The second-order valence-corrected chi connectivity index (χ2v) is 4.91. The summed E-state index contributed by atoms with van der Waals surface area (Å²) in [6.07, 6.45) is 2.15.